The number of hydrogen-bond donors (Lipinski definition) is 2. The molecule has 1 amide bonds. The minimum absolute atomic E-state index is 0.250. The standard InChI is InChI=1S/C16H14Cl2N2OS2/c1-23-14-4-2-10(3-5-14)9-19-16(22)20-15(21)11-6-12(17)8-13(18)7-11/h2-8H,9H2,1H3,(H2,19,20,21,22). The van der Waals surface area contributed by atoms with Gasteiger partial charge in [0.15, 0.2) is 5.11 Å². The van der Waals surface area contributed by atoms with E-state index < -0.39 is 0 Å². The molecule has 0 aromatic heterocycles. The van der Waals surface area contributed by atoms with E-state index in [4.69, 9.17) is 35.4 Å². The summed E-state index contributed by atoms with van der Waals surface area (Å²) < 4.78 is 0. The van der Waals surface area contributed by atoms with Crippen LogP contribution in [-0.4, -0.2) is 17.3 Å². The van der Waals surface area contributed by atoms with Crippen molar-refractivity contribution < 1.29 is 4.79 Å². The molecule has 0 spiro atoms. The predicted octanol–water partition coefficient (Wildman–Crippen LogP) is 4.52. The van der Waals surface area contributed by atoms with Crippen LogP contribution in [0.3, 0.4) is 0 Å². The van der Waals surface area contributed by atoms with Gasteiger partial charge in [-0.3, -0.25) is 10.1 Å². The molecule has 0 aliphatic heterocycles. The van der Waals surface area contributed by atoms with Gasteiger partial charge < -0.3 is 5.32 Å². The van der Waals surface area contributed by atoms with E-state index >= 15 is 0 Å². The van der Waals surface area contributed by atoms with Crippen molar-refractivity contribution >= 4 is 58.2 Å². The molecule has 23 heavy (non-hydrogen) atoms. The average Bonchev–Trinajstić information content (AvgIpc) is 2.52. The molecule has 0 bridgehead atoms. The molecule has 2 rings (SSSR count). The third-order valence-corrected chi connectivity index (χ3v) is 4.39. The first-order valence-corrected chi connectivity index (χ1v) is 9.05. The lowest BCUT2D eigenvalue weighted by Gasteiger charge is -2.10. The molecule has 0 fully saturated rings. The number of thiocarbonyl (C=S) groups is 1. The number of carbonyl (C=O) groups excluding carboxylic acids is 1. The Bertz CT molecular complexity index is 700. The largest absolute Gasteiger partial charge is 0.358 e. The highest BCUT2D eigenvalue weighted by Gasteiger charge is 2.09. The highest BCUT2D eigenvalue weighted by molar-refractivity contribution is 7.98. The van der Waals surface area contributed by atoms with Gasteiger partial charge in [-0.1, -0.05) is 35.3 Å². The predicted molar refractivity (Wildman–Crippen MR) is 102 cm³/mol. The Kier molecular flexibility index (Phi) is 6.72. The van der Waals surface area contributed by atoms with Crippen molar-refractivity contribution in [1.29, 1.82) is 0 Å². The van der Waals surface area contributed by atoms with E-state index in [1.165, 1.54) is 17.0 Å². The number of hydrogen-bond acceptors (Lipinski definition) is 3. The lowest BCUT2D eigenvalue weighted by molar-refractivity contribution is 0.0976. The van der Waals surface area contributed by atoms with Crippen LogP contribution in [-0.2, 0) is 6.54 Å². The van der Waals surface area contributed by atoms with Gasteiger partial charge in [-0.15, -0.1) is 11.8 Å². The highest BCUT2D eigenvalue weighted by Crippen LogP contribution is 2.19. The van der Waals surface area contributed by atoms with E-state index in [1.807, 2.05) is 30.5 Å². The van der Waals surface area contributed by atoms with Gasteiger partial charge in [-0.05, 0) is 54.4 Å². The number of thioether (sulfide) groups is 1. The summed E-state index contributed by atoms with van der Waals surface area (Å²) in [5.41, 5.74) is 1.43. The van der Waals surface area contributed by atoms with Crippen LogP contribution >= 0.6 is 47.2 Å². The first-order chi connectivity index (χ1) is 11.0. The lowest BCUT2D eigenvalue weighted by Crippen LogP contribution is -2.38. The Hall–Kier alpha value is -1.27. The summed E-state index contributed by atoms with van der Waals surface area (Å²) in [4.78, 5) is 13.3. The molecule has 3 nitrogen and oxygen atoms in total. The molecule has 2 aromatic carbocycles. The molecule has 0 atom stereocenters. The molecule has 0 radical (unpaired) electrons. The second kappa shape index (κ2) is 8.55. The van der Waals surface area contributed by atoms with E-state index in [9.17, 15) is 4.79 Å². The summed E-state index contributed by atoms with van der Waals surface area (Å²) >= 11 is 18.6. The third kappa shape index (κ3) is 5.70. The van der Waals surface area contributed by atoms with Gasteiger partial charge in [-0.2, -0.15) is 0 Å². The van der Waals surface area contributed by atoms with Gasteiger partial charge in [0.1, 0.15) is 0 Å². The van der Waals surface area contributed by atoms with Gasteiger partial charge in [-0.25, -0.2) is 0 Å². The normalized spacial score (nSPS) is 10.2. The van der Waals surface area contributed by atoms with Gasteiger partial charge in [0.2, 0.25) is 0 Å². The highest BCUT2D eigenvalue weighted by atomic mass is 35.5. The lowest BCUT2D eigenvalue weighted by atomic mass is 10.2. The Morgan fingerprint density at radius 3 is 2.30 bits per heavy atom. The van der Waals surface area contributed by atoms with Crippen molar-refractivity contribution in [2.75, 3.05) is 6.26 Å². The molecule has 2 N–H and O–H groups in total. The first-order valence-electron chi connectivity index (χ1n) is 6.66. The minimum Gasteiger partial charge on any atom is -0.358 e. The number of rotatable bonds is 4. The van der Waals surface area contributed by atoms with Gasteiger partial charge in [0, 0.05) is 27.0 Å². The molecule has 0 heterocycles. The Morgan fingerprint density at radius 2 is 1.74 bits per heavy atom. The summed E-state index contributed by atoms with van der Waals surface area (Å²) in [6.45, 7) is 0.532. The molecule has 0 aliphatic carbocycles. The van der Waals surface area contributed by atoms with Crippen LogP contribution in [0.25, 0.3) is 0 Å². The number of benzene rings is 2. The molecule has 0 aliphatic rings. The molecule has 0 saturated heterocycles. The van der Waals surface area contributed by atoms with E-state index in [0.717, 1.165) is 5.56 Å². The Labute approximate surface area is 154 Å². The molecular formula is C16H14Cl2N2OS2. The van der Waals surface area contributed by atoms with Crippen molar-refractivity contribution in [3.63, 3.8) is 0 Å². The summed E-state index contributed by atoms with van der Waals surface area (Å²) in [7, 11) is 0. The zero-order chi connectivity index (χ0) is 16.8. The summed E-state index contributed by atoms with van der Waals surface area (Å²) in [6, 6.07) is 12.7. The number of carbonyl (C=O) groups is 1. The van der Waals surface area contributed by atoms with Gasteiger partial charge >= 0.3 is 0 Å². The summed E-state index contributed by atoms with van der Waals surface area (Å²) in [5.74, 6) is -0.357. The molecule has 120 valence electrons. The Balaban J connectivity index is 1.89. The molecule has 0 saturated carbocycles. The summed E-state index contributed by atoms with van der Waals surface area (Å²) in [5, 5.41) is 6.64. The van der Waals surface area contributed by atoms with Crippen molar-refractivity contribution in [1.82, 2.24) is 10.6 Å². The van der Waals surface area contributed by atoms with E-state index in [0.29, 0.717) is 22.2 Å². The van der Waals surface area contributed by atoms with E-state index in [1.54, 1.807) is 17.8 Å². The van der Waals surface area contributed by atoms with Crippen molar-refractivity contribution in [2.45, 2.75) is 11.4 Å². The maximum atomic E-state index is 12.1. The smallest absolute Gasteiger partial charge is 0.257 e. The van der Waals surface area contributed by atoms with Crippen LogP contribution < -0.4 is 10.6 Å². The van der Waals surface area contributed by atoms with Crippen LogP contribution in [0.2, 0.25) is 10.0 Å². The number of halogens is 2. The van der Waals surface area contributed by atoms with Crippen molar-refractivity contribution in [3.8, 4) is 0 Å². The topological polar surface area (TPSA) is 41.1 Å². The SMILES string of the molecule is CSc1ccc(CNC(=S)NC(=O)c2cc(Cl)cc(Cl)c2)cc1. The second-order valence-electron chi connectivity index (χ2n) is 4.64. The van der Waals surface area contributed by atoms with Crippen LogP contribution in [0.1, 0.15) is 15.9 Å². The Morgan fingerprint density at radius 1 is 1.13 bits per heavy atom. The fraction of sp³-hybridized carbons (Fsp3) is 0.125. The monoisotopic (exact) mass is 384 g/mol. The maximum Gasteiger partial charge on any atom is 0.257 e. The molecule has 0 unspecified atom stereocenters. The van der Waals surface area contributed by atoms with Crippen molar-refractivity contribution in [2.24, 2.45) is 0 Å². The quantitative estimate of drug-likeness (QED) is 0.600. The number of amides is 1. The molecule has 2 aromatic rings. The molecular weight excluding hydrogens is 371 g/mol. The zero-order valence-electron chi connectivity index (χ0n) is 12.2. The van der Waals surface area contributed by atoms with Crippen LogP contribution in [0.15, 0.2) is 47.4 Å². The fourth-order valence-electron chi connectivity index (χ4n) is 1.83. The van der Waals surface area contributed by atoms with Gasteiger partial charge in [0.25, 0.3) is 5.91 Å². The number of nitrogens with one attached hydrogen (secondary N) is 2. The first kappa shape index (κ1) is 18.1. The minimum atomic E-state index is -0.357. The van der Waals surface area contributed by atoms with Gasteiger partial charge in [0.05, 0.1) is 0 Å². The third-order valence-electron chi connectivity index (χ3n) is 2.96. The maximum absolute atomic E-state index is 12.1. The van der Waals surface area contributed by atoms with Crippen molar-refractivity contribution in [3.05, 3.63) is 63.6 Å². The van der Waals surface area contributed by atoms with E-state index in [-0.39, 0.29) is 11.0 Å². The van der Waals surface area contributed by atoms with Crippen LogP contribution in [0, 0.1) is 0 Å². The van der Waals surface area contributed by atoms with Crippen LogP contribution in [0.5, 0.6) is 0 Å². The summed E-state index contributed by atoms with van der Waals surface area (Å²) in [6.07, 6.45) is 2.03. The van der Waals surface area contributed by atoms with Crippen LogP contribution in [0.4, 0.5) is 0 Å². The van der Waals surface area contributed by atoms with E-state index in [2.05, 4.69) is 10.6 Å². The fourth-order valence-corrected chi connectivity index (χ4v) is 2.93. The molecule has 7 heteroatoms. The average molecular weight is 385 g/mol. The zero-order valence-corrected chi connectivity index (χ0v) is 15.4. The second-order valence-corrected chi connectivity index (χ2v) is 6.80.